The van der Waals surface area contributed by atoms with Gasteiger partial charge in [-0.15, -0.1) is 0 Å². The summed E-state index contributed by atoms with van der Waals surface area (Å²) in [6, 6.07) is 8.83. The molecule has 2 nitrogen and oxygen atoms in total. The molecular weight excluding hydrogens is 252 g/mol. The molecule has 106 valence electrons. The van der Waals surface area contributed by atoms with Gasteiger partial charge >= 0.3 is 0 Å². The summed E-state index contributed by atoms with van der Waals surface area (Å²) >= 11 is 1.95. The molecule has 1 aromatic carbocycles. The molecule has 0 unspecified atom stereocenters. The Kier molecular flexibility index (Phi) is 6.58. The summed E-state index contributed by atoms with van der Waals surface area (Å²) in [5.74, 6) is 1.30. The minimum Gasteiger partial charge on any atom is -0.371 e. The molecule has 0 atom stereocenters. The first-order valence-electron chi connectivity index (χ1n) is 7.44. The Labute approximate surface area is 122 Å². The summed E-state index contributed by atoms with van der Waals surface area (Å²) in [5.41, 5.74) is 2.98. The Morgan fingerprint density at radius 1 is 1.16 bits per heavy atom. The van der Waals surface area contributed by atoms with E-state index in [4.69, 9.17) is 0 Å². The van der Waals surface area contributed by atoms with E-state index in [1.54, 1.807) is 0 Å². The second-order valence-corrected chi connectivity index (χ2v) is 6.15. The predicted octanol–water partition coefficient (Wildman–Crippen LogP) is 3.17. The molecule has 2 rings (SSSR count). The normalized spacial score (nSPS) is 13.8. The van der Waals surface area contributed by atoms with Crippen LogP contribution in [0.25, 0.3) is 0 Å². The lowest BCUT2D eigenvalue weighted by atomic mass is 10.2. The maximum atomic E-state index is 3.56. The van der Waals surface area contributed by atoms with E-state index >= 15 is 0 Å². The average molecular weight is 278 g/mol. The van der Waals surface area contributed by atoms with E-state index in [0.717, 1.165) is 6.54 Å². The van der Waals surface area contributed by atoms with Gasteiger partial charge in [0.2, 0.25) is 0 Å². The molecule has 1 aliphatic rings. The van der Waals surface area contributed by atoms with Crippen LogP contribution in [0.4, 0.5) is 5.69 Å². The van der Waals surface area contributed by atoms with Gasteiger partial charge in [0.15, 0.2) is 0 Å². The van der Waals surface area contributed by atoms with E-state index in [0.29, 0.717) is 0 Å². The van der Waals surface area contributed by atoms with Gasteiger partial charge in [-0.1, -0.05) is 18.2 Å². The number of hydrogen-bond acceptors (Lipinski definition) is 3. The monoisotopic (exact) mass is 278 g/mol. The zero-order valence-electron chi connectivity index (χ0n) is 12.0. The first kappa shape index (κ1) is 14.7. The van der Waals surface area contributed by atoms with Crippen LogP contribution < -0.4 is 10.2 Å². The molecule has 1 aromatic rings. The summed E-state index contributed by atoms with van der Waals surface area (Å²) < 4.78 is 0. The zero-order valence-corrected chi connectivity index (χ0v) is 12.8. The van der Waals surface area contributed by atoms with Gasteiger partial charge in [0.05, 0.1) is 0 Å². The molecule has 19 heavy (non-hydrogen) atoms. The summed E-state index contributed by atoms with van der Waals surface area (Å²) in [6.45, 7) is 4.72. The fourth-order valence-electron chi connectivity index (χ4n) is 2.66. The third-order valence-corrected chi connectivity index (χ3v) is 4.41. The molecule has 0 radical (unpaired) electrons. The van der Waals surface area contributed by atoms with Gasteiger partial charge in [-0.3, -0.25) is 0 Å². The van der Waals surface area contributed by atoms with Crippen molar-refractivity contribution >= 4 is 17.4 Å². The van der Waals surface area contributed by atoms with Crippen LogP contribution in [0.3, 0.4) is 0 Å². The zero-order chi connectivity index (χ0) is 13.3. The molecular formula is C16H26N2S. The third-order valence-electron chi connectivity index (χ3n) is 3.72. The van der Waals surface area contributed by atoms with E-state index < -0.39 is 0 Å². The van der Waals surface area contributed by atoms with Crippen LogP contribution >= 0.6 is 11.8 Å². The minimum atomic E-state index is 1.15. The highest BCUT2D eigenvalue weighted by Crippen LogP contribution is 2.27. The minimum absolute atomic E-state index is 1.15. The summed E-state index contributed by atoms with van der Waals surface area (Å²) in [4.78, 5) is 2.53. The van der Waals surface area contributed by atoms with Crippen LogP contribution in [0.2, 0.25) is 0 Å². The highest BCUT2D eigenvalue weighted by atomic mass is 32.2. The lowest BCUT2D eigenvalue weighted by molar-refractivity contribution is 0.612. The molecule has 1 N–H and O–H groups in total. The predicted molar refractivity (Wildman–Crippen MR) is 87.5 cm³/mol. The first-order chi connectivity index (χ1) is 9.42. The SMILES string of the molecule is CSCCCCNCCCN1CCc2ccccc21. The molecule has 1 heterocycles. The van der Waals surface area contributed by atoms with Crippen LogP contribution in [0.1, 0.15) is 24.8 Å². The fourth-order valence-corrected chi connectivity index (χ4v) is 3.15. The van der Waals surface area contributed by atoms with Crippen LogP contribution in [0.5, 0.6) is 0 Å². The Balaban J connectivity index is 1.55. The molecule has 0 bridgehead atoms. The van der Waals surface area contributed by atoms with Crippen molar-refractivity contribution < 1.29 is 0 Å². The van der Waals surface area contributed by atoms with Crippen molar-refractivity contribution in [2.24, 2.45) is 0 Å². The molecule has 0 aliphatic carbocycles. The highest BCUT2D eigenvalue weighted by molar-refractivity contribution is 7.98. The lowest BCUT2D eigenvalue weighted by Crippen LogP contribution is -2.26. The van der Waals surface area contributed by atoms with E-state index in [2.05, 4.69) is 40.7 Å². The molecule has 0 saturated carbocycles. The third kappa shape index (κ3) is 4.73. The topological polar surface area (TPSA) is 15.3 Å². The van der Waals surface area contributed by atoms with Gasteiger partial charge in [-0.2, -0.15) is 11.8 Å². The Morgan fingerprint density at radius 2 is 2.00 bits per heavy atom. The number of para-hydroxylation sites is 1. The van der Waals surface area contributed by atoms with Crippen LogP contribution in [-0.2, 0) is 6.42 Å². The van der Waals surface area contributed by atoms with Gasteiger partial charge in [0, 0.05) is 18.8 Å². The van der Waals surface area contributed by atoms with Crippen molar-refractivity contribution in [1.82, 2.24) is 5.32 Å². The van der Waals surface area contributed by atoms with Crippen LogP contribution in [0.15, 0.2) is 24.3 Å². The van der Waals surface area contributed by atoms with Gasteiger partial charge in [0.25, 0.3) is 0 Å². The van der Waals surface area contributed by atoms with Gasteiger partial charge < -0.3 is 10.2 Å². The van der Waals surface area contributed by atoms with Gasteiger partial charge in [-0.05, 0) is 62.4 Å². The first-order valence-corrected chi connectivity index (χ1v) is 8.83. The molecule has 0 amide bonds. The Bertz CT molecular complexity index is 368. The van der Waals surface area contributed by atoms with Crippen LogP contribution in [-0.4, -0.2) is 38.2 Å². The molecule has 0 saturated heterocycles. The van der Waals surface area contributed by atoms with E-state index in [9.17, 15) is 0 Å². The van der Waals surface area contributed by atoms with Crippen molar-refractivity contribution in [3.05, 3.63) is 29.8 Å². The van der Waals surface area contributed by atoms with Crippen molar-refractivity contribution in [3.8, 4) is 0 Å². The number of thioether (sulfide) groups is 1. The average Bonchev–Trinajstić information content (AvgIpc) is 2.85. The second kappa shape index (κ2) is 8.49. The van der Waals surface area contributed by atoms with Gasteiger partial charge in [-0.25, -0.2) is 0 Å². The maximum Gasteiger partial charge on any atom is 0.0399 e. The highest BCUT2D eigenvalue weighted by Gasteiger charge is 2.16. The number of nitrogens with zero attached hydrogens (tertiary/aromatic N) is 1. The number of fused-ring (bicyclic) bond motifs is 1. The number of unbranched alkanes of at least 4 members (excludes halogenated alkanes) is 1. The number of rotatable bonds is 9. The van der Waals surface area contributed by atoms with Crippen molar-refractivity contribution in [2.45, 2.75) is 25.7 Å². The van der Waals surface area contributed by atoms with Crippen molar-refractivity contribution in [2.75, 3.05) is 43.1 Å². The molecule has 0 spiro atoms. The van der Waals surface area contributed by atoms with Crippen molar-refractivity contribution in [1.29, 1.82) is 0 Å². The Hall–Kier alpha value is -0.670. The van der Waals surface area contributed by atoms with E-state index in [1.165, 1.54) is 62.3 Å². The number of anilines is 1. The summed E-state index contributed by atoms with van der Waals surface area (Å²) in [7, 11) is 0. The quantitative estimate of drug-likeness (QED) is 0.699. The lowest BCUT2D eigenvalue weighted by Gasteiger charge is -2.19. The number of nitrogens with one attached hydrogen (secondary N) is 1. The fraction of sp³-hybridized carbons (Fsp3) is 0.625. The smallest absolute Gasteiger partial charge is 0.0399 e. The van der Waals surface area contributed by atoms with Gasteiger partial charge in [0.1, 0.15) is 0 Å². The summed E-state index contributed by atoms with van der Waals surface area (Å²) in [6.07, 6.45) is 7.30. The maximum absolute atomic E-state index is 3.56. The second-order valence-electron chi connectivity index (χ2n) is 5.17. The van der Waals surface area contributed by atoms with Crippen LogP contribution in [0, 0.1) is 0 Å². The summed E-state index contributed by atoms with van der Waals surface area (Å²) in [5, 5.41) is 3.56. The molecule has 0 aromatic heterocycles. The molecule has 0 fully saturated rings. The molecule has 1 aliphatic heterocycles. The van der Waals surface area contributed by atoms with E-state index in [1.807, 2.05) is 11.8 Å². The number of benzene rings is 1. The van der Waals surface area contributed by atoms with Crippen molar-refractivity contribution in [3.63, 3.8) is 0 Å². The largest absolute Gasteiger partial charge is 0.371 e. The molecule has 3 heteroatoms. The standard InChI is InChI=1S/C16H26N2S/c1-19-14-5-4-10-17-11-6-12-18-13-9-15-7-2-3-8-16(15)18/h2-3,7-8,17H,4-6,9-14H2,1H3. The van der Waals surface area contributed by atoms with E-state index in [-0.39, 0.29) is 0 Å². The Morgan fingerprint density at radius 3 is 2.89 bits per heavy atom. The number of hydrogen-bond donors (Lipinski definition) is 1.